The first-order valence-corrected chi connectivity index (χ1v) is 7.87. The fraction of sp³-hybridized carbons (Fsp3) is 0.0476. The number of hydrogen-bond acceptors (Lipinski definition) is 3. The van der Waals surface area contributed by atoms with E-state index in [0.717, 1.165) is 27.9 Å². The normalized spacial score (nSPS) is 12.0. The first-order valence-electron chi connectivity index (χ1n) is 7.87. The lowest BCUT2D eigenvalue weighted by Crippen LogP contribution is -2.11. The first-order chi connectivity index (χ1) is 11.9. The highest BCUT2D eigenvalue weighted by atomic mass is 16.5. The van der Waals surface area contributed by atoms with E-state index >= 15 is 0 Å². The zero-order valence-electron chi connectivity index (χ0n) is 13.0. The second-order valence-electron chi connectivity index (χ2n) is 5.52. The van der Waals surface area contributed by atoms with Crippen LogP contribution in [0, 0.1) is 0 Å². The van der Waals surface area contributed by atoms with Crippen molar-refractivity contribution in [3.8, 4) is 5.75 Å². The maximum absolute atomic E-state index is 6.30. The summed E-state index contributed by atoms with van der Waals surface area (Å²) in [6.45, 7) is 0. The fourth-order valence-corrected chi connectivity index (χ4v) is 2.72. The van der Waals surface area contributed by atoms with Crippen LogP contribution in [0.4, 0.5) is 0 Å². The van der Waals surface area contributed by atoms with E-state index < -0.39 is 0 Å². The molecule has 0 spiro atoms. The first kappa shape index (κ1) is 14.4. The van der Waals surface area contributed by atoms with Crippen LogP contribution in [-0.4, -0.2) is 9.97 Å². The highest BCUT2D eigenvalue weighted by Gasteiger charge is 2.17. The standard InChI is InChI=1S/C21H16N2O/c1-2-7-16(8-3-1)21(20-10-4-5-13-23-20)24-18-11-12-19-17(15-18)9-6-14-22-19/h1-15,21H. The molecule has 0 bridgehead atoms. The van der Waals surface area contributed by atoms with Crippen LogP contribution in [0.2, 0.25) is 0 Å². The summed E-state index contributed by atoms with van der Waals surface area (Å²) in [5.74, 6) is 0.801. The molecule has 24 heavy (non-hydrogen) atoms. The maximum Gasteiger partial charge on any atom is 0.166 e. The van der Waals surface area contributed by atoms with Gasteiger partial charge in [-0.25, -0.2) is 0 Å². The molecule has 1 unspecified atom stereocenters. The number of fused-ring (bicyclic) bond motifs is 1. The Labute approximate surface area is 140 Å². The van der Waals surface area contributed by atoms with Crippen LogP contribution in [0.3, 0.4) is 0 Å². The Morgan fingerprint density at radius 3 is 2.38 bits per heavy atom. The van der Waals surface area contributed by atoms with Crippen LogP contribution in [0.25, 0.3) is 10.9 Å². The average molecular weight is 312 g/mol. The molecule has 4 rings (SSSR count). The molecular weight excluding hydrogens is 296 g/mol. The zero-order valence-corrected chi connectivity index (χ0v) is 13.0. The van der Waals surface area contributed by atoms with E-state index in [0.29, 0.717) is 0 Å². The van der Waals surface area contributed by atoms with E-state index in [4.69, 9.17) is 4.74 Å². The molecule has 2 aromatic heterocycles. The number of rotatable bonds is 4. The van der Waals surface area contributed by atoms with Crippen molar-refractivity contribution in [2.24, 2.45) is 0 Å². The summed E-state index contributed by atoms with van der Waals surface area (Å²) >= 11 is 0. The SMILES string of the molecule is c1ccc(C(Oc2ccc3ncccc3c2)c2ccccn2)cc1. The molecule has 0 saturated carbocycles. The van der Waals surface area contributed by atoms with Gasteiger partial charge >= 0.3 is 0 Å². The number of ether oxygens (including phenoxy) is 1. The molecule has 0 amide bonds. The average Bonchev–Trinajstić information content (AvgIpc) is 2.67. The molecule has 3 heteroatoms. The third kappa shape index (κ3) is 2.97. The number of benzene rings is 2. The van der Waals surface area contributed by atoms with Crippen LogP contribution in [0.15, 0.2) is 91.3 Å². The monoisotopic (exact) mass is 312 g/mol. The summed E-state index contributed by atoms with van der Waals surface area (Å²) in [7, 11) is 0. The molecule has 116 valence electrons. The summed E-state index contributed by atoms with van der Waals surface area (Å²) in [4.78, 5) is 8.83. The zero-order chi connectivity index (χ0) is 16.2. The molecule has 0 aliphatic carbocycles. The van der Waals surface area contributed by atoms with Crippen molar-refractivity contribution < 1.29 is 4.74 Å². The molecule has 0 aliphatic heterocycles. The van der Waals surface area contributed by atoms with Gasteiger partial charge in [-0.1, -0.05) is 42.5 Å². The van der Waals surface area contributed by atoms with E-state index in [2.05, 4.69) is 22.1 Å². The van der Waals surface area contributed by atoms with Gasteiger partial charge in [-0.15, -0.1) is 0 Å². The smallest absolute Gasteiger partial charge is 0.166 e. The largest absolute Gasteiger partial charge is 0.479 e. The van der Waals surface area contributed by atoms with E-state index in [1.807, 2.05) is 66.7 Å². The quantitative estimate of drug-likeness (QED) is 0.543. The summed E-state index contributed by atoms with van der Waals surface area (Å²) in [5, 5.41) is 1.06. The van der Waals surface area contributed by atoms with Gasteiger partial charge in [0, 0.05) is 17.8 Å². The van der Waals surface area contributed by atoms with Gasteiger partial charge in [0.2, 0.25) is 0 Å². The van der Waals surface area contributed by atoms with E-state index in [1.54, 1.807) is 12.4 Å². The van der Waals surface area contributed by atoms with Crippen molar-refractivity contribution in [3.05, 3.63) is 103 Å². The van der Waals surface area contributed by atoms with E-state index in [-0.39, 0.29) is 6.10 Å². The van der Waals surface area contributed by atoms with Crippen LogP contribution < -0.4 is 4.74 Å². The Hall–Kier alpha value is -3.20. The Morgan fingerprint density at radius 1 is 0.708 bits per heavy atom. The third-order valence-electron chi connectivity index (χ3n) is 3.89. The van der Waals surface area contributed by atoms with Crippen LogP contribution in [0.1, 0.15) is 17.4 Å². The van der Waals surface area contributed by atoms with Crippen molar-refractivity contribution in [2.45, 2.75) is 6.10 Å². The van der Waals surface area contributed by atoms with Crippen molar-refractivity contribution in [1.82, 2.24) is 9.97 Å². The number of hydrogen-bond donors (Lipinski definition) is 0. The topological polar surface area (TPSA) is 35.0 Å². The number of aromatic nitrogens is 2. The minimum absolute atomic E-state index is 0.249. The van der Waals surface area contributed by atoms with Crippen LogP contribution >= 0.6 is 0 Å². The fourth-order valence-electron chi connectivity index (χ4n) is 2.72. The molecule has 0 N–H and O–H groups in total. The van der Waals surface area contributed by atoms with Crippen molar-refractivity contribution >= 4 is 10.9 Å². The van der Waals surface area contributed by atoms with E-state index in [9.17, 15) is 0 Å². The van der Waals surface area contributed by atoms with Gasteiger partial charge in [-0.3, -0.25) is 9.97 Å². The number of pyridine rings is 2. The molecule has 0 fully saturated rings. The Kier molecular flexibility index (Phi) is 3.90. The lowest BCUT2D eigenvalue weighted by Gasteiger charge is -2.19. The van der Waals surface area contributed by atoms with Gasteiger partial charge in [-0.2, -0.15) is 0 Å². The van der Waals surface area contributed by atoms with Crippen molar-refractivity contribution in [3.63, 3.8) is 0 Å². The molecule has 4 aromatic rings. The molecule has 1 atom stereocenters. The lowest BCUT2D eigenvalue weighted by atomic mass is 10.1. The molecule has 0 aliphatic rings. The summed E-state index contributed by atoms with van der Waals surface area (Å²) in [5.41, 5.74) is 2.91. The molecule has 3 nitrogen and oxygen atoms in total. The highest BCUT2D eigenvalue weighted by molar-refractivity contribution is 5.79. The van der Waals surface area contributed by atoms with Gasteiger partial charge in [0.1, 0.15) is 5.75 Å². The molecular formula is C21H16N2O. The Balaban J connectivity index is 1.73. The highest BCUT2D eigenvalue weighted by Crippen LogP contribution is 2.28. The van der Waals surface area contributed by atoms with Gasteiger partial charge < -0.3 is 4.74 Å². The second kappa shape index (κ2) is 6.50. The van der Waals surface area contributed by atoms with Gasteiger partial charge in [0.15, 0.2) is 6.10 Å². The molecule has 2 aromatic carbocycles. The van der Waals surface area contributed by atoms with Gasteiger partial charge in [0.25, 0.3) is 0 Å². The lowest BCUT2D eigenvalue weighted by molar-refractivity contribution is 0.242. The Morgan fingerprint density at radius 2 is 1.54 bits per heavy atom. The van der Waals surface area contributed by atoms with E-state index in [1.165, 1.54) is 0 Å². The van der Waals surface area contributed by atoms with Crippen molar-refractivity contribution in [2.75, 3.05) is 0 Å². The minimum atomic E-state index is -0.249. The van der Waals surface area contributed by atoms with Crippen LogP contribution in [-0.2, 0) is 0 Å². The Bertz CT molecular complexity index is 900. The predicted molar refractivity (Wildman–Crippen MR) is 94.9 cm³/mol. The third-order valence-corrected chi connectivity index (χ3v) is 3.89. The van der Waals surface area contributed by atoms with Crippen molar-refractivity contribution in [1.29, 1.82) is 0 Å². The summed E-state index contributed by atoms with van der Waals surface area (Å²) in [6.07, 6.45) is 3.34. The number of nitrogens with zero attached hydrogens (tertiary/aromatic N) is 2. The summed E-state index contributed by atoms with van der Waals surface area (Å²) in [6, 6.07) is 25.9. The predicted octanol–water partition coefficient (Wildman–Crippen LogP) is 4.80. The summed E-state index contributed by atoms with van der Waals surface area (Å²) < 4.78 is 6.30. The van der Waals surface area contributed by atoms with Gasteiger partial charge in [-0.05, 0) is 42.0 Å². The van der Waals surface area contributed by atoms with Crippen LogP contribution in [0.5, 0.6) is 5.75 Å². The molecule has 2 heterocycles. The van der Waals surface area contributed by atoms with Gasteiger partial charge in [0.05, 0.1) is 11.2 Å². The minimum Gasteiger partial charge on any atom is -0.479 e. The molecule has 0 saturated heterocycles. The maximum atomic E-state index is 6.30. The second-order valence-corrected chi connectivity index (χ2v) is 5.52. The molecule has 0 radical (unpaired) electrons.